The predicted octanol–water partition coefficient (Wildman–Crippen LogP) is 6.02. The highest BCUT2D eigenvalue weighted by molar-refractivity contribution is 6.30. The van der Waals surface area contributed by atoms with Gasteiger partial charge in [0.05, 0.1) is 11.6 Å². The van der Waals surface area contributed by atoms with Crippen LogP contribution in [0.1, 0.15) is 43.9 Å². The molecule has 156 valence electrons. The fraction of sp³-hybridized carbons (Fsp3) is 0.381. The van der Waals surface area contributed by atoms with Crippen LogP contribution < -0.4 is 4.74 Å². The smallest absolute Gasteiger partial charge is 0.416 e. The Morgan fingerprint density at radius 3 is 2.38 bits per heavy atom. The van der Waals surface area contributed by atoms with Crippen molar-refractivity contribution < 1.29 is 27.1 Å². The normalized spacial score (nSPS) is 17.5. The van der Waals surface area contributed by atoms with E-state index in [-0.39, 0.29) is 22.7 Å². The molecule has 0 radical (unpaired) electrons. The molecule has 1 aliphatic rings. The standard InChI is InChI=1S/C21H20ClF4NO2/c1-20(2,29-18-10-9-15(22)12-16(18)23)19(28)27-11-3-4-17(27)13-5-7-14(8-6-13)21(24,25)26/h5-10,12,17H,3-4,11H2,1-2H3. The molecule has 1 unspecified atom stereocenters. The first-order chi connectivity index (χ1) is 13.5. The number of halogens is 5. The van der Waals surface area contributed by atoms with Crippen molar-refractivity contribution in [1.29, 1.82) is 0 Å². The van der Waals surface area contributed by atoms with Crippen molar-refractivity contribution in [2.75, 3.05) is 6.54 Å². The molecule has 1 fully saturated rings. The lowest BCUT2D eigenvalue weighted by molar-refractivity contribution is -0.146. The van der Waals surface area contributed by atoms with Crippen LogP contribution in [0.25, 0.3) is 0 Å². The molecule has 2 aromatic carbocycles. The van der Waals surface area contributed by atoms with Gasteiger partial charge in [-0.25, -0.2) is 4.39 Å². The number of hydrogen-bond acceptors (Lipinski definition) is 2. The van der Waals surface area contributed by atoms with Gasteiger partial charge in [-0.15, -0.1) is 0 Å². The number of nitrogens with zero attached hydrogens (tertiary/aromatic N) is 1. The van der Waals surface area contributed by atoms with Crippen molar-refractivity contribution in [2.24, 2.45) is 0 Å². The first-order valence-electron chi connectivity index (χ1n) is 9.11. The van der Waals surface area contributed by atoms with Crippen molar-refractivity contribution in [2.45, 2.75) is 44.5 Å². The topological polar surface area (TPSA) is 29.5 Å². The quantitative estimate of drug-likeness (QED) is 0.556. The van der Waals surface area contributed by atoms with Gasteiger partial charge in [0.2, 0.25) is 0 Å². The third kappa shape index (κ3) is 4.66. The van der Waals surface area contributed by atoms with Gasteiger partial charge in [-0.3, -0.25) is 4.79 Å². The molecule has 29 heavy (non-hydrogen) atoms. The Morgan fingerprint density at radius 2 is 1.79 bits per heavy atom. The van der Waals surface area contributed by atoms with Gasteiger partial charge >= 0.3 is 6.18 Å². The summed E-state index contributed by atoms with van der Waals surface area (Å²) in [6.45, 7) is 3.51. The second kappa shape index (κ2) is 7.86. The van der Waals surface area contributed by atoms with E-state index in [0.29, 0.717) is 24.9 Å². The van der Waals surface area contributed by atoms with Crippen molar-refractivity contribution in [3.63, 3.8) is 0 Å². The first-order valence-corrected chi connectivity index (χ1v) is 9.49. The molecule has 1 saturated heterocycles. The molecule has 3 rings (SSSR count). The molecule has 0 bridgehead atoms. The van der Waals surface area contributed by atoms with Crippen molar-refractivity contribution in [3.05, 3.63) is 64.4 Å². The van der Waals surface area contributed by atoms with E-state index < -0.39 is 23.2 Å². The van der Waals surface area contributed by atoms with Crippen LogP contribution in [0.2, 0.25) is 5.02 Å². The van der Waals surface area contributed by atoms with Crippen LogP contribution in [0.15, 0.2) is 42.5 Å². The number of likely N-dealkylation sites (tertiary alicyclic amines) is 1. The molecule has 0 spiro atoms. The van der Waals surface area contributed by atoms with E-state index in [1.165, 1.54) is 38.1 Å². The molecule has 1 heterocycles. The lowest BCUT2D eigenvalue weighted by Gasteiger charge is -2.33. The number of carbonyl (C=O) groups is 1. The summed E-state index contributed by atoms with van der Waals surface area (Å²) in [6.07, 6.45) is -3.08. The summed E-state index contributed by atoms with van der Waals surface area (Å²) in [4.78, 5) is 14.7. The van der Waals surface area contributed by atoms with E-state index in [1.807, 2.05) is 0 Å². The summed E-state index contributed by atoms with van der Waals surface area (Å²) < 4.78 is 58.1. The van der Waals surface area contributed by atoms with Crippen molar-refractivity contribution >= 4 is 17.5 Å². The number of amides is 1. The summed E-state index contributed by atoms with van der Waals surface area (Å²) >= 11 is 5.74. The molecule has 0 aliphatic carbocycles. The van der Waals surface area contributed by atoms with E-state index in [0.717, 1.165) is 18.2 Å². The van der Waals surface area contributed by atoms with Gasteiger partial charge in [0.25, 0.3) is 5.91 Å². The van der Waals surface area contributed by atoms with Crippen LogP contribution in [-0.2, 0) is 11.0 Å². The van der Waals surface area contributed by atoms with Crippen LogP contribution in [0, 0.1) is 5.82 Å². The Hall–Kier alpha value is -2.28. The molecular weight excluding hydrogens is 410 g/mol. The molecule has 0 N–H and O–H groups in total. The van der Waals surface area contributed by atoms with Crippen molar-refractivity contribution in [1.82, 2.24) is 4.90 Å². The fourth-order valence-electron chi connectivity index (χ4n) is 3.47. The van der Waals surface area contributed by atoms with Crippen LogP contribution in [0.3, 0.4) is 0 Å². The monoisotopic (exact) mass is 429 g/mol. The number of carbonyl (C=O) groups excluding carboxylic acids is 1. The van der Waals surface area contributed by atoms with Gasteiger partial charge < -0.3 is 9.64 Å². The highest BCUT2D eigenvalue weighted by Crippen LogP contribution is 2.37. The van der Waals surface area contributed by atoms with E-state index in [2.05, 4.69) is 0 Å². The molecule has 2 aromatic rings. The minimum atomic E-state index is -4.41. The third-order valence-corrected chi connectivity index (χ3v) is 5.15. The number of benzene rings is 2. The van der Waals surface area contributed by atoms with Gasteiger partial charge in [-0.1, -0.05) is 23.7 Å². The van der Waals surface area contributed by atoms with Crippen LogP contribution >= 0.6 is 11.6 Å². The Balaban J connectivity index is 1.79. The third-order valence-electron chi connectivity index (χ3n) is 4.91. The van der Waals surface area contributed by atoms with Gasteiger partial charge in [-0.05, 0) is 62.6 Å². The highest BCUT2D eigenvalue weighted by Gasteiger charge is 2.40. The second-order valence-electron chi connectivity index (χ2n) is 7.46. The molecule has 0 aromatic heterocycles. The Labute approximate surface area is 171 Å². The van der Waals surface area contributed by atoms with Gasteiger partial charge in [0, 0.05) is 11.6 Å². The van der Waals surface area contributed by atoms with Gasteiger partial charge in [0.15, 0.2) is 17.2 Å². The maximum atomic E-state index is 14.1. The zero-order valence-corrected chi connectivity index (χ0v) is 16.6. The molecular formula is C21H20ClF4NO2. The minimum absolute atomic E-state index is 0.0990. The maximum Gasteiger partial charge on any atom is 0.416 e. The Kier molecular flexibility index (Phi) is 5.81. The van der Waals surface area contributed by atoms with Crippen LogP contribution in [0.5, 0.6) is 5.75 Å². The average Bonchev–Trinajstić information content (AvgIpc) is 3.12. The number of hydrogen-bond donors (Lipinski definition) is 0. The zero-order chi connectivity index (χ0) is 21.4. The largest absolute Gasteiger partial charge is 0.475 e. The molecule has 3 nitrogen and oxygen atoms in total. The van der Waals surface area contributed by atoms with E-state index >= 15 is 0 Å². The minimum Gasteiger partial charge on any atom is -0.475 e. The van der Waals surface area contributed by atoms with Gasteiger partial charge in [-0.2, -0.15) is 13.2 Å². The van der Waals surface area contributed by atoms with E-state index in [4.69, 9.17) is 16.3 Å². The SMILES string of the molecule is CC(C)(Oc1ccc(Cl)cc1F)C(=O)N1CCCC1c1ccc(C(F)(F)F)cc1. The Morgan fingerprint density at radius 1 is 1.14 bits per heavy atom. The Bertz CT molecular complexity index is 897. The van der Waals surface area contributed by atoms with Crippen molar-refractivity contribution in [3.8, 4) is 5.75 Å². The van der Waals surface area contributed by atoms with E-state index in [1.54, 1.807) is 4.90 Å². The number of alkyl halides is 3. The summed E-state index contributed by atoms with van der Waals surface area (Å²) in [5.74, 6) is -1.15. The fourth-order valence-corrected chi connectivity index (χ4v) is 3.63. The summed E-state index contributed by atoms with van der Waals surface area (Å²) in [5, 5.41) is 0.209. The van der Waals surface area contributed by atoms with Crippen LogP contribution in [0.4, 0.5) is 17.6 Å². The summed E-state index contributed by atoms with van der Waals surface area (Å²) in [6, 6.07) is 8.37. The number of rotatable bonds is 4. The molecule has 8 heteroatoms. The average molecular weight is 430 g/mol. The van der Waals surface area contributed by atoms with Gasteiger partial charge in [0.1, 0.15) is 0 Å². The number of ether oxygens (including phenoxy) is 1. The van der Waals surface area contributed by atoms with Crippen LogP contribution in [-0.4, -0.2) is 23.0 Å². The lowest BCUT2D eigenvalue weighted by atomic mass is 10.0. The first kappa shape index (κ1) is 21.4. The maximum absolute atomic E-state index is 14.1. The highest BCUT2D eigenvalue weighted by atomic mass is 35.5. The summed E-state index contributed by atoms with van der Waals surface area (Å²) in [7, 11) is 0. The molecule has 1 amide bonds. The molecule has 0 saturated carbocycles. The second-order valence-corrected chi connectivity index (χ2v) is 7.90. The lowest BCUT2D eigenvalue weighted by Crippen LogP contribution is -2.48. The predicted molar refractivity (Wildman–Crippen MR) is 101 cm³/mol. The molecule has 1 atom stereocenters. The zero-order valence-electron chi connectivity index (χ0n) is 15.9. The molecule has 1 aliphatic heterocycles. The summed E-state index contributed by atoms with van der Waals surface area (Å²) in [5.41, 5.74) is -1.49. The van der Waals surface area contributed by atoms with E-state index in [9.17, 15) is 22.4 Å².